The summed E-state index contributed by atoms with van der Waals surface area (Å²) >= 11 is 0. The quantitative estimate of drug-likeness (QED) is 0.929. The van der Waals surface area contributed by atoms with Gasteiger partial charge >= 0.3 is 0 Å². The van der Waals surface area contributed by atoms with Gasteiger partial charge in [-0.05, 0) is 36.8 Å². The Labute approximate surface area is 145 Å². The SMILES string of the molecule is COc1ccccc1NC(=O)C1CC(=O)N(c2ccc(C)cc2F)C1. The zero-order chi connectivity index (χ0) is 18.0. The van der Waals surface area contributed by atoms with Crippen LogP contribution >= 0.6 is 0 Å². The van der Waals surface area contributed by atoms with E-state index in [1.54, 1.807) is 43.3 Å². The number of anilines is 2. The smallest absolute Gasteiger partial charge is 0.229 e. The van der Waals surface area contributed by atoms with Crippen LogP contribution in [0.2, 0.25) is 0 Å². The number of carbonyl (C=O) groups excluding carboxylic acids is 2. The van der Waals surface area contributed by atoms with Crippen LogP contribution in [0.15, 0.2) is 42.5 Å². The Hall–Kier alpha value is -2.89. The van der Waals surface area contributed by atoms with Crippen molar-refractivity contribution in [3.8, 4) is 5.75 Å². The van der Waals surface area contributed by atoms with Crippen molar-refractivity contribution < 1.29 is 18.7 Å². The number of hydrogen-bond acceptors (Lipinski definition) is 3. The van der Waals surface area contributed by atoms with Gasteiger partial charge in [0.1, 0.15) is 11.6 Å². The molecule has 1 saturated heterocycles. The maximum atomic E-state index is 14.1. The molecule has 6 heteroatoms. The number of nitrogens with one attached hydrogen (secondary N) is 1. The van der Waals surface area contributed by atoms with Crippen LogP contribution < -0.4 is 15.0 Å². The Morgan fingerprint density at radius 1 is 1.28 bits per heavy atom. The molecule has 1 heterocycles. The first-order valence-electron chi connectivity index (χ1n) is 8.00. The Morgan fingerprint density at radius 3 is 2.76 bits per heavy atom. The standard InChI is InChI=1S/C19H19FN2O3/c1-12-7-8-16(14(20)9-12)22-11-13(10-18(22)23)19(24)21-15-5-3-4-6-17(15)25-2/h3-9,13H,10-11H2,1-2H3,(H,21,24). The van der Waals surface area contributed by atoms with E-state index in [-0.39, 0.29) is 30.5 Å². The minimum atomic E-state index is -0.543. The van der Waals surface area contributed by atoms with Gasteiger partial charge in [-0.3, -0.25) is 9.59 Å². The summed E-state index contributed by atoms with van der Waals surface area (Å²) in [5, 5.41) is 2.78. The lowest BCUT2D eigenvalue weighted by atomic mass is 10.1. The molecular weight excluding hydrogens is 323 g/mol. The summed E-state index contributed by atoms with van der Waals surface area (Å²) in [5.74, 6) is -1.00. The summed E-state index contributed by atoms with van der Waals surface area (Å²) in [6.45, 7) is 1.93. The number of ether oxygens (including phenoxy) is 1. The van der Waals surface area contributed by atoms with Crippen LogP contribution in [-0.2, 0) is 9.59 Å². The molecule has 1 unspecified atom stereocenters. The van der Waals surface area contributed by atoms with Gasteiger partial charge in [0.05, 0.1) is 24.4 Å². The van der Waals surface area contributed by atoms with Crippen molar-refractivity contribution in [3.63, 3.8) is 0 Å². The number of amides is 2. The van der Waals surface area contributed by atoms with Gasteiger partial charge in [-0.25, -0.2) is 4.39 Å². The molecule has 0 aliphatic carbocycles. The number of hydrogen-bond donors (Lipinski definition) is 1. The second-order valence-electron chi connectivity index (χ2n) is 6.05. The first kappa shape index (κ1) is 17.0. The average molecular weight is 342 g/mol. The fraction of sp³-hybridized carbons (Fsp3) is 0.263. The third-order valence-corrected chi connectivity index (χ3v) is 4.25. The zero-order valence-corrected chi connectivity index (χ0v) is 14.1. The summed E-state index contributed by atoms with van der Waals surface area (Å²) in [5.41, 5.74) is 1.53. The molecule has 0 radical (unpaired) electrons. The predicted molar refractivity (Wildman–Crippen MR) is 93.2 cm³/mol. The van der Waals surface area contributed by atoms with E-state index in [0.717, 1.165) is 5.56 Å². The van der Waals surface area contributed by atoms with E-state index in [0.29, 0.717) is 11.4 Å². The summed E-state index contributed by atoms with van der Waals surface area (Å²) in [7, 11) is 1.52. The molecule has 0 spiro atoms. The molecule has 1 aliphatic heterocycles. The monoisotopic (exact) mass is 342 g/mol. The van der Waals surface area contributed by atoms with E-state index < -0.39 is 11.7 Å². The van der Waals surface area contributed by atoms with Crippen LogP contribution in [0.1, 0.15) is 12.0 Å². The Balaban J connectivity index is 1.74. The van der Waals surface area contributed by atoms with Crippen molar-refractivity contribution >= 4 is 23.2 Å². The van der Waals surface area contributed by atoms with Crippen molar-refractivity contribution in [1.29, 1.82) is 0 Å². The number of rotatable bonds is 4. The fourth-order valence-electron chi connectivity index (χ4n) is 2.93. The zero-order valence-electron chi connectivity index (χ0n) is 14.1. The summed E-state index contributed by atoms with van der Waals surface area (Å²) in [6.07, 6.45) is 0.0499. The molecule has 1 aliphatic rings. The van der Waals surface area contributed by atoms with E-state index in [4.69, 9.17) is 4.74 Å². The highest BCUT2D eigenvalue weighted by Gasteiger charge is 2.36. The topological polar surface area (TPSA) is 58.6 Å². The number of benzene rings is 2. The maximum absolute atomic E-state index is 14.1. The number of nitrogens with zero attached hydrogens (tertiary/aromatic N) is 1. The molecule has 3 rings (SSSR count). The molecule has 1 atom stereocenters. The minimum Gasteiger partial charge on any atom is -0.495 e. The van der Waals surface area contributed by atoms with Gasteiger partial charge in [0.15, 0.2) is 0 Å². The molecule has 1 fully saturated rings. The second kappa shape index (κ2) is 6.93. The highest BCUT2D eigenvalue weighted by molar-refractivity contribution is 6.04. The number of halogens is 1. The van der Waals surface area contributed by atoms with E-state index in [1.165, 1.54) is 18.1 Å². The molecular formula is C19H19FN2O3. The van der Waals surface area contributed by atoms with E-state index in [9.17, 15) is 14.0 Å². The van der Waals surface area contributed by atoms with Crippen molar-refractivity contribution in [2.75, 3.05) is 23.9 Å². The third-order valence-electron chi connectivity index (χ3n) is 4.25. The molecule has 5 nitrogen and oxygen atoms in total. The van der Waals surface area contributed by atoms with Crippen molar-refractivity contribution in [2.24, 2.45) is 5.92 Å². The highest BCUT2D eigenvalue weighted by Crippen LogP contribution is 2.30. The molecule has 2 amide bonds. The average Bonchev–Trinajstić information content (AvgIpc) is 2.97. The van der Waals surface area contributed by atoms with Gasteiger partial charge in [-0.1, -0.05) is 18.2 Å². The van der Waals surface area contributed by atoms with Crippen LogP contribution in [0.25, 0.3) is 0 Å². The van der Waals surface area contributed by atoms with Gasteiger partial charge in [0.2, 0.25) is 11.8 Å². The predicted octanol–water partition coefficient (Wildman–Crippen LogP) is 3.13. The second-order valence-corrected chi connectivity index (χ2v) is 6.05. The first-order chi connectivity index (χ1) is 12.0. The van der Waals surface area contributed by atoms with Crippen LogP contribution in [0.3, 0.4) is 0 Å². The molecule has 2 aromatic rings. The fourth-order valence-corrected chi connectivity index (χ4v) is 2.93. The van der Waals surface area contributed by atoms with Crippen molar-refractivity contribution in [3.05, 3.63) is 53.8 Å². The number of methoxy groups -OCH3 is 1. The summed E-state index contributed by atoms with van der Waals surface area (Å²) in [6, 6.07) is 11.7. The largest absolute Gasteiger partial charge is 0.495 e. The Kier molecular flexibility index (Phi) is 4.70. The molecule has 25 heavy (non-hydrogen) atoms. The van der Waals surface area contributed by atoms with Gasteiger partial charge in [-0.15, -0.1) is 0 Å². The number of para-hydroxylation sites is 2. The van der Waals surface area contributed by atoms with Crippen LogP contribution in [0.5, 0.6) is 5.75 Å². The van der Waals surface area contributed by atoms with Gasteiger partial charge in [0, 0.05) is 13.0 Å². The van der Waals surface area contributed by atoms with Crippen LogP contribution in [-0.4, -0.2) is 25.5 Å². The molecule has 2 aromatic carbocycles. The summed E-state index contributed by atoms with van der Waals surface area (Å²) < 4.78 is 19.3. The van der Waals surface area contributed by atoms with Crippen molar-refractivity contribution in [1.82, 2.24) is 0 Å². The lowest BCUT2D eigenvalue weighted by molar-refractivity contribution is -0.122. The molecule has 0 bridgehead atoms. The van der Waals surface area contributed by atoms with Crippen molar-refractivity contribution in [2.45, 2.75) is 13.3 Å². The Bertz CT molecular complexity index is 822. The van der Waals surface area contributed by atoms with Gasteiger partial charge in [-0.2, -0.15) is 0 Å². The highest BCUT2D eigenvalue weighted by atomic mass is 19.1. The Morgan fingerprint density at radius 2 is 2.04 bits per heavy atom. The minimum absolute atomic E-state index is 0.0499. The van der Waals surface area contributed by atoms with Crippen LogP contribution in [0, 0.1) is 18.7 Å². The van der Waals surface area contributed by atoms with E-state index >= 15 is 0 Å². The number of aryl methyl sites for hydroxylation is 1. The van der Waals surface area contributed by atoms with Gasteiger partial charge < -0.3 is 15.0 Å². The molecule has 1 N–H and O–H groups in total. The van der Waals surface area contributed by atoms with Crippen LogP contribution in [0.4, 0.5) is 15.8 Å². The lowest BCUT2D eigenvalue weighted by Crippen LogP contribution is -2.28. The molecule has 0 saturated carbocycles. The van der Waals surface area contributed by atoms with E-state index in [1.807, 2.05) is 0 Å². The number of carbonyl (C=O) groups is 2. The van der Waals surface area contributed by atoms with Gasteiger partial charge in [0.25, 0.3) is 0 Å². The normalized spacial score (nSPS) is 16.8. The summed E-state index contributed by atoms with van der Waals surface area (Å²) in [4.78, 5) is 26.1. The van der Waals surface area contributed by atoms with E-state index in [2.05, 4.69) is 5.32 Å². The lowest BCUT2D eigenvalue weighted by Gasteiger charge is -2.18. The molecule has 0 aromatic heterocycles. The maximum Gasteiger partial charge on any atom is 0.229 e. The molecule has 130 valence electrons. The first-order valence-corrected chi connectivity index (χ1v) is 8.00. The third kappa shape index (κ3) is 3.47.